The van der Waals surface area contributed by atoms with Crippen LogP contribution in [0.25, 0.3) is 0 Å². The number of nitrogens with two attached hydrogens (primary N) is 2. The molecule has 24 nitrogen and oxygen atoms in total. The Balaban J connectivity index is 1.74. The lowest BCUT2D eigenvalue weighted by molar-refractivity contribution is -0.525. The fraction of sp³-hybridized carbons (Fsp3) is 0.636. The summed E-state index contributed by atoms with van der Waals surface area (Å²) in [5, 5.41) is 42.0. The predicted octanol–water partition coefficient (Wildman–Crippen LogP) is -0.206. The van der Waals surface area contributed by atoms with E-state index in [9.17, 15) is 53.9 Å². The Hall–Kier alpha value is -6.56. The highest BCUT2D eigenvalue weighted by Crippen LogP contribution is 2.42. The lowest BCUT2D eigenvalue weighted by Crippen LogP contribution is -2.59. The van der Waals surface area contributed by atoms with Crippen molar-refractivity contribution in [3.63, 3.8) is 0 Å². The maximum absolute atomic E-state index is 14.3. The number of benzene rings is 1. The number of esters is 2. The van der Waals surface area contributed by atoms with Crippen molar-refractivity contribution in [1.29, 1.82) is 0 Å². The maximum atomic E-state index is 14.3. The summed E-state index contributed by atoms with van der Waals surface area (Å²) in [6, 6.07) is -5.69. The molecule has 1 saturated heterocycles. The van der Waals surface area contributed by atoms with Crippen LogP contribution < -0.4 is 42.9 Å². The van der Waals surface area contributed by atoms with Gasteiger partial charge in [-0.1, -0.05) is 30.9 Å². The summed E-state index contributed by atoms with van der Waals surface area (Å²) >= 11 is 0. The first-order valence-electron chi connectivity index (χ1n) is 22.6. The average molecular weight is 961 g/mol. The fourth-order valence-electron chi connectivity index (χ4n) is 7.78. The van der Waals surface area contributed by atoms with Crippen LogP contribution in [0.15, 0.2) is 16.6 Å². The van der Waals surface area contributed by atoms with Crippen molar-refractivity contribution in [3.8, 4) is 11.5 Å². The van der Waals surface area contributed by atoms with Gasteiger partial charge < -0.3 is 62.1 Å². The molecule has 0 spiro atoms. The van der Waals surface area contributed by atoms with E-state index in [0.29, 0.717) is 41.7 Å². The second-order valence-corrected chi connectivity index (χ2v) is 17.1. The number of carbonyl (C=O) groups is 7. The molecule has 1 aromatic rings. The number of aliphatic hydroxyl groups excluding tert-OH is 1. The van der Waals surface area contributed by atoms with E-state index in [1.54, 1.807) is 25.3 Å². The maximum Gasteiger partial charge on any atom is 0.342 e. The standard InChI is InChI=1S/C44H68N10O14/c1-23(2)34(45)39(59)47-19-9-8-12-29(41(61)53-21-11-14-31(53)38(58)50-30(42(62)67-7)13-10-20-48-44(46)52-54(64)65)49-40(60)35(26(5)55)51-32(56)18-16-24(3)15-17-27-36(57)33-28(22-68-43(33)63)25(4)37(27)66-6/h15,23,26,29-31,34-35,55,57H,8-14,16-22,45H2,1-7H3,(H,47,59)(H,49,60)(H,50,58)(H,51,56)(H3,46,48,52)/b24-15+/t26-,29+,30+,31+,34+,35+/m1/s1. The van der Waals surface area contributed by atoms with Crippen molar-refractivity contribution in [2.24, 2.45) is 22.4 Å². The number of nitro groups is 1. The first-order valence-corrected chi connectivity index (χ1v) is 22.6. The van der Waals surface area contributed by atoms with Gasteiger partial charge in [-0.2, -0.15) is 0 Å². The number of amides is 5. The summed E-state index contributed by atoms with van der Waals surface area (Å²) in [7, 11) is 2.58. The summed E-state index contributed by atoms with van der Waals surface area (Å²) in [6.07, 6.45) is 2.17. The number of allylic oxidation sites excluding steroid dienone is 2. The molecule has 378 valence electrons. The third-order valence-corrected chi connectivity index (χ3v) is 11.8. The Kier molecular flexibility index (Phi) is 21.9. The van der Waals surface area contributed by atoms with E-state index in [1.807, 2.05) is 13.8 Å². The first kappa shape index (κ1) is 55.8. The number of hydrogen-bond donors (Lipinski definition) is 9. The zero-order valence-electron chi connectivity index (χ0n) is 39.8. The topological polar surface area (TPSA) is 359 Å². The van der Waals surface area contributed by atoms with Crippen LogP contribution in [0.5, 0.6) is 11.5 Å². The van der Waals surface area contributed by atoms with E-state index in [-0.39, 0.29) is 94.3 Å². The molecule has 0 unspecified atom stereocenters. The molecule has 0 aromatic heterocycles. The molecule has 2 aliphatic heterocycles. The Morgan fingerprint density at radius 2 is 1.72 bits per heavy atom. The smallest absolute Gasteiger partial charge is 0.342 e. The SMILES string of the molecule is COC(=O)[C@H](CCCN=C(N)N[N+](=O)[O-])NC(=O)[C@@H]1CCCN1C(=O)[C@H](CCCCNC(=O)[C@@H](N)C(C)C)NC(=O)[C@@H](NC(=O)CC/C(C)=C/Cc1c(O)c2c(c(C)c1OC)COC2=O)[C@@H](C)O. The van der Waals surface area contributed by atoms with Gasteiger partial charge in [0.15, 0.2) is 5.03 Å². The van der Waals surface area contributed by atoms with Crippen LogP contribution in [0.2, 0.25) is 0 Å². The van der Waals surface area contributed by atoms with Gasteiger partial charge in [0.1, 0.15) is 47.8 Å². The van der Waals surface area contributed by atoms with Crippen molar-refractivity contribution in [3.05, 3.63) is 44.0 Å². The van der Waals surface area contributed by atoms with Crippen molar-refractivity contribution in [2.75, 3.05) is 33.9 Å². The van der Waals surface area contributed by atoms with Gasteiger partial charge in [0, 0.05) is 37.2 Å². The van der Waals surface area contributed by atoms with Crippen LogP contribution in [-0.4, -0.2) is 138 Å². The van der Waals surface area contributed by atoms with Gasteiger partial charge in [0.2, 0.25) is 29.5 Å². The molecule has 0 bridgehead atoms. The molecule has 0 saturated carbocycles. The van der Waals surface area contributed by atoms with Crippen molar-refractivity contribution in [2.45, 2.75) is 142 Å². The Labute approximate surface area is 394 Å². The molecule has 68 heavy (non-hydrogen) atoms. The minimum atomic E-state index is -1.50. The highest BCUT2D eigenvalue weighted by Gasteiger charge is 2.40. The van der Waals surface area contributed by atoms with Crippen molar-refractivity contribution < 1.29 is 63.0 Å². The number of fused-ring (bicyclic) bond motifs is 1. The second-order valence-electron chi connectivity index (χ2n) is 17.1. The summed E-state index contributed by atoms with van der Waals surface area (Å²) in [6.45, 7) is 8.80. The molecule has 11 N–H and O–H groups in total. The van der Waals surface area contributed by atoms with E-state index in [2.05, 4.69) is 26.3 Å². The van der Waals surface area contributed by atoms with Crippen LogP contribution in [-0.2, 0) is 51.3 Å². The number of nitrogens with zero attached hydrogens (tertiary/aromatic N) is 3. The molecular weight excluding hydrogens is 893 g/mol. The number of methoxy groups -OCH3 is 2. The number of hydrazine groups is 1. The quantitative estimate of drug-likeness (QED) is 0.0110. The fourth-order valence-corrected chi connectivity index (χ4v) is 7.78. The van der Waals surface area contributed by atoms with Crippen LogP contribution in [0.3, 0.4) is 0 Å². The third-order valence-electron chi connectivity index (χ3n) is 11.8. The van der Waals surface area contributed by atoms with Crippen LogP contribution in [0, 0.1) is 23.0 Å². The highest BCUT2D eigenvalue weighted by atomic mass is 16.7. The number of aliphatic hydroxyl groups is 1. The zero-order valence-corrected chi connectivity index (χ0v) is 39.8. The van der Waals surface area contributed by atoms with Crippen molar-refractivity contribution in [1.82, 2.24) is 31.6 Å². The van der Waals surface area contributed by atoms with Gasteiger partial charge in [-0.25, -0.2) is 24.7 Å². The Morgan fingerprint density at radius 1 is 1.03 bits per heavy atom. The molecule has 1 aromatic carbocycles. The van der Waals surface area contributed by atoms with Gasteiger partial charge in [0.25, 0.3) is 5.96 Å². The molecule has 6 atom stereocenters. The normalized spacial score (nSPS) is 16.9. The van der Waals surface area contributed by atoms with Crippen molar-refractivity contribution >= 4 is 47.4 Å². The largest absolute Gasteiger partial charge is 0.507 e. The van der Waals surface area contributed by atoms with Gasteiger partial charge in [0.05, 0.1) is 26.4 Å². The van der Waals surface area contributed by atoms with Gasteiger partial charge in [-0.3, -0.25) is 24.0 Å². The highest BCUT2D eigenvalue weighted by molar-refractivity contribution is 5.98. The lowest BCUT2D eigenvalue weighted by Gasteiger charge is -2.31. The Morgan fingerprint density at radius 3 is 2.35 bits per heavy atom. The molecule has 0 aliphatic carbocycles. The molecule has 0 radical (unpaired) electrons. The summed E-state index contributed by atoms with van der Waals surface area (Å²) in [4.78, 5) is 108. The van der Waals surface area contributed by atoms with Crippen LogP contribution >= 0.6 is 0 Å². The number of unbranched alkanes of at least 4 members (excludes halogenated alkanes) is 1. The van der Waals surface area contributed by atoms with E-state index < -0.39 is 82.9 Å². The predicted molar refractivity (Wildman–Crippen MR) is 245 cm³/mol. The number of aromatic hydroxyl groups is 1. The second kappa shape index (κ2) is 26.7. The molecule has 1 fully saturated rings. The monoisotopic (exact) mass is 960 g/mol. The van der Waals surface area contributed by atoms with Gasteiger partial charge in [-0.15, -0.1) is 0 Å². The minimum absolute atomic E-state index is 0.0158. The summed E-state index contributed by atoms with van der Waals surface area (Å²) in [5.74, 6) is -4.89. The number of phenolic OH excluding ortho intramolecular Hbond substituents is 1. The molecule has 24 heteroatoms. The molecule has 2 heterocycles. The van der Waals surface area contributed by atoms with Crippen LogP contribution in [0.4, 0.5) is 0 Å². The number of nitrogens with one attached hydrogen (secondary N) is 5. The number of likely N-dealkylation sites (tertiary alicyclic amines) is 1. The minimum Gasteiger partial charge on any atom is -0.507 e. The number of rotatable bonds is 26. The number of ether oxygens (including phenoxy) is 3. The summed E-state index contributed by atoms with van der Waals surface area (Å²) in [5.41, 5.74) is 15.5. The molecule has 3 rings (SSSR count). The average Bonchev–Trinajstić information content (AvgIpc) is 3.95. The number of hydrogen-bond acceptors (Lipinski definition) is 16. The summed E-state index contributed by atoms with van der Waals surface area (Å²) < 4.78 is 15.5. The van der Waals surface area contributed by atoms with Gasteiger partial charge >= 0.3 is 11.9 Å². The number of carbonyl (C=O) groups excluding carboxylic acids is 7. The van der Waals surface area contributed by atoms with Gasteiger partial charge in [-0.05, 0) is 90.0 Å². The zero-order chi connectivity index (χ0) is 50.8. The third kappa shape index (κ3) is 15.8. The number of cyclic esters (lactones) is 1. The molecule has 5 amide bonds. The molecule has 2 aliphatic rings. The van der Waals surface area contributed by atoms with E-state index in [1.165, 1.54) is 18.9 Å². The van der Waals surface area contributed by atoms with E-state index in [4.69, 9.17) is 25.7 Å². The molecular formula is C44H68N10O14. The first-order chi connectivity index (χ1) is 32.1. The number of guanidine groups is 1. The van der Waals surface area contributed by atoms with E-state index in [0.717, 1.165) is 12.7 Å². The lowest BCUT2D eigenvalue weighted by atomic mass is 9.94. The van der Waals surface area contributed by atoms with Crippen LogP contribution in [0.1, 0.15) is 113 Å². The van der Waals surface area contributed by atoms with E-state index >= 15 is 0 Å². The number of aliphatic imine (C=N–C) groups is 1. The Bertz CT molecular complexity index is 2080. The number of phenols is 1.